The van der Waals surface area contributed by atoms with Crippen molar-refractivity contribution in [2.75, 3.05) is 13.1 Å². The molecule has 134 valence electrons. The van der Waals surface area contributed by atoms with Crippen LogP contribution in [0.3, 0.4) is 0 Å². The number of hydrogen-bond acceptors (Lipinski definition) is 4. The fraction of sp³-hybridized carbons (Fsp3) is 0.500. The van der Waals surface area contributed by atoms with Crippen LogP contribution in [0.15, 0.2) is 40.9 Å². The normalized spacial score (nSPS) is 17.8. The van der Waals surface area contributed by atoms with E-state index in [1.54, 1.807) is 6.20 Å². The van der Waals surface area contributed by atoms with E-state index in [4.69, 9.17) is 4.42 Å². The number of nitrogens with zero attached hydrogens (tertiary/aromatic N) is 1. The number of carbonyl (C=O) groups is 1. The number of benzene rings is 1. The quantitative estimate of drug-likeness (QED) is 0.843. The SMILES string of the molecule is CC(NC(=O)CC(C)C1CCNCC1)c1ncc(-c2ccccc2)o1. The zero-order chi connectivity index (χ0) is 17.6. The lowest BCUT2D eigenvalue weighted by atomic mass is 9.84. The van der Waals surface area contributed by atoms with Gasteiger partial charge < -0.3 is 15.1 Å². The van der Waals surface area contributed by atoms with Crippen LogP contribution in [0.25, 0.3) is 11.3 Å². The number of aromatic nitrogens is 1. The van der Waals surface area contributed by atoms with Crippen molar-refractivity contribution in [1.29, 1.82) is 0 Å². The highest BCUT2D eigenvalue weighted by molar-refractivity contribution is 5.76. The number of amides is 1. The van der Waals surface area contributed by atoms with Gasteiger partial charge in [-0.2, -0.15) is 0 Å². The maximum atomic E-state index is 12.4. The van der Waals surface area contributed by atoms with Crippen molar-refractivity contribution in [3.05, 3.63) is 42.4 Å². The molecule has 1 aliphatic rings. The van der Waals surface area contributed by atoms with Crippen LogP contribution >= 0.6 is 0 Å². The van der Waals surface area contributed by atoms with Crippen LogP contribution in [0.1, 0.15) is 45.0 Å². The lowest BCUT2D eigenvalue weighted by Gasteiger charge is -2.28. The smallest absolute Gasteiger partial charge is 0.220 e. The Kier molecular flexibility index (Phi) is 5.87. The number of nitrogens with one attached hydrogen (secondary N) is 2. The van der Waals surface area contributed by atoms with E-state index in [9.17, 15) is 4.79 Å². The average molecular weight is 341 g/mol. The van der Waals surface area contributed by atoms with E-state index < -0.39 is 0 Å². The predicted octanol–water partition coefficient (Wildman–Crippen LogP) is 3.54. The molecule has 2 heterocycles. The van der Waals surface area contributed by atoms with Gasteiger partial charge in [-0.15, -0.1) is 0 Å². The van der Waals surface area contributed by atoms with Gasteiger partial charge in [0.15, 0.2) is 5.76 Å². The van der Waals surface area contributed by atoms with E-state index >= 15 is 0 Å². The molecular weight excluding hydrogens is 314 g/mol. The van der Waals surface area contributed by atoms with Crippen LogP contribution < -0.4 is 10.6 Å². The molecule has 2 unspecified atom stereocenters. The first kappa shape index (κ1) is 17.7. The summed E-state index contributed by atoms with van der Waals surface area (Å²) in [6.07, 6.45) is 4.58. The lowest BCUT2D eigenvalue weighted by Crippen LogP contribution is -2.34. The van der Waals surface area contributed by atoms with Crippen molar-refractivity contribution in [2.24, 2.45) is 11.8 Å². The summed E-state index contributed by atoms with van der Waals surface area (Å²) in [5.74, 6) is 2.37. The van der Waals surface area contributed by atoms with Crippen molar-refractivity contribution >= 4 is 5.91 Å². The van der Waals surface area contributed by atoms with Crippen LogP contribution in [0.5, 0.6) is 0 Å². The van der Waals surface area contributed by atoms with Gasteiger partial charge in [-0.1, -0.05) is 37.3 Å². The van der Waals surface area contributed by atoms with Crippen molar-refractivity contribution in [2.45, 2.75) is 39.2 Å². The lowest BCUT2D eigenvalue weighted by molar-refractivity contribution is -0.123. The zero-order valence-corrected chi connectivity index (χ0v) is 15.0. The third-order valence-corrected chi connectivity index (χ3v) is 5.03. The molecule has 0 bridgehead atoms. The second kappa shape index (κ2) is 8.30. The number of oxazole rings is 1. The Morgan fingerprint density at radius 2 is 2.00 bits per heavy atom. The molecule has 2 atom stereocenters. The Labute approximate surface area is 149 Å². The summed E-state index contributed by atoms with van der Waals surface area (Å²) in [7, 11) is 0. The summed E-state index contributed by atoms with van der Waals surface area (Å²) < 4.78 is 5.82. The maximum absolute atomic E-state index is 12.4. The highest BCUT2D eigenvalue weighted by atomic mass is 16.4. The van der Waals surface area contributed by atoms with Crippen LogP contribution in [-0.4, -0.2) is 24.0 Å². The first-order valence-corrected chi connectivity index (χ1v) is 9.14. The van der Waals surface area contributed by atoms with E-state index in [1.165, 1.54) is 0 Å². The van der Waals surface area contributed by atoms with Gasteiger partial charge in [0.1, 0.15) is 6.04 Å². The molecule has 0 saturated carbocycles. The molecule has 5 heteroatoms. The van der Waals surface area contributed by atoms with Gasteiger partial charge >= 0.3 is 0 Å². The molecule has 1 aliphatic heterocycles. The molecule has 1 fully saturated rings. The fourth-order valence-corrected chi connectivity index (χ4v) is 3.46. The van der Waals surface area contributed by atoms with Crippen LogP contribution in [0.2, 0.25) is 0 Å². The van der Waals surface area contributed by atoms with E-state index in [2.05, 4.69) is 22.5 Å². The van der Waals surface area contributed by atoms with E-state index in [0.717, 1.165) is 37.3 Å². The van der Waals surface area contributed by atoms with Gasteiger partial charge in [0.05, 0.1) is 6.20 Å². The Morgan fingerprint density at radius 1 is 1.28 bits per heavy atom. The van der Waals surface area contributed by atoms with Gasteiger partial charge in [-0.3, -0.25) is 4.79 Å². The molecule has 0 spiro atoms. The van der Waals surface area contributed by atoms with Gasteiger partial charge in [0.2, 0.25) is 11.8 Å². The minimum absolute atomic E-state index is 0.0676. The topological polar surface area (TPSA) is 67.2 Å². The molecule has 0 aliphatic carbocycles. The zero-order valence-electron chi connectivity index (χ0n) is 15.0. The molecule has 25 heavy (non-hydrogen) atoms. The largest absolute Gasteiger partial charge is 0.438 e. The van der Waals surface area contributed by atoms with Crippen molar-refractivity contribution < 1.29 is 9.21 Å². The Balaban J connectivity index is 1.54. The maximum Gasteiger partial charge on any atom is 0.220 e. The molecule has 2 N–H and O–H groups in total. The summed E-state index contributed by atoms with van der Waals surface area (Å²) in [5.41, 5.74) is 0.985. The van der Waals surface area contributed by atoms with E-state index in [-0.39, 0.29) is 11.9 Å². The monoisotopic (exact) mass is 341 g/mol. The molecule has 1 aromatic carbocycles. The molecule has 1 amide bonds. The van der Waals surface area contributed by atoms with E-state index in [0.29, 0.717) is 24.1 Å². The molecular formula is C20H27N3O2. The van der Waals surface area contributed by atoms with Crippen molar-refractivity contribution in [3.63, 3.8) is 0 Å². The third kappa shape index (κ3) is 4.69. The van der Waals surface area contributed by atoms with Crippen LogP contribution in [-0.2, 0) is 4.79 Å². The Morgan fingerprint density at radius 3 is 2.72 bits per heavy atom. The average Bonchev–Trinajstić information content (AvgIpc) is 3.13. The molecule has 5 nitrogen and oxygen atoms in total. The molecule has 0 radical (unpaired) electrons. The standard InChI is InChI=1S/C20H27N3O2/c1-14(16-8-10-21-11-9-16)12-19(24)23-15(2)20-22-13-18(25-20)17-6-4-3-5-7-17/h3-7,13-16,21H,8-12H2,1-2H3,(H,23,24). The second-order valence-electron chi connectivity index (χ2n) is 6.99. The molecule has 2 aromatic rings. The fourth-order valence-electron chi connectivity index (χ4n) is 3.46. The summed E-state index contributed by atoms with van der Waals surface area (Å²) in [4.78, 5) is 16.7. The molecule has 1 aromatic heterocycles. The number of rotatable bonds is 6. The Hall–Kier alpha value is -2.14. The highest BCUT2D eigenvalue weighted by Crippen LogP contribution is 2.25. The van der Waals surface area contributed by atoms with Gasteiger partial charge in [0.25, 0.3) is 0 Å². The number of piperidine rings is 1. The predicted molar refractivity (Wildman–Crippen MR) is 97.9 cm³/mol. The Bertz CT molecular complexity index is 677. The summed E-state index contributed by atoms with van der Waals surface area (Å²) in [5, 5.41) is 6.39. The first-order chi connectivity index (χ1) is 12.1. The summed E-state index contributed by atoms with van der Waals surface area (Å²) in [6, 6.07) is 9.62. The number of hydrogen-bond donors (Lipinski definition) is 2. The van der Waals surface area contributed by atoms with Gasteiger partial charge in [0, 0.05) is 12.0 Å². The minimum atomic E-state index is -0.231. The van der Waals surface area contributed by atoms with E-state index in [1.807, 2.05) is 37.3 Å². The van der Waals surface area contributed by atoms with Crippen LogP contribution in [0, 0.1) is 11.8 Å². The summed E-state index contributed by atoms with van der Waals surface area (Å²) in [6.45, 7) is 6.21. The first-order valence-electron chi connectivity index (χ1n) is 9.14. The number of carbonyl (C=O) groups excluding carboxylic acids is 1. The highest BCUT2D eigenvalue weighted by Gasteiger charge is 2.23. The van der Waals surface area contributed by atoms with Crippen molar-refractivity contribution in [1.82, 2.24) is 15.6 Å². The minimum Gasteiger partial charge on any atom is -0.438 e. The molecule has 3 rings (SSSR count). The van der Waals surface area contributed by atoms with Crippen LogP contribution in [0.4, 0.5) is 0 Å². The second-order valence-corrected chi connectivity index (χ2v) is 6.99. The van der Waals surface area contributed by atoms with Crippen molar-refractivity contribution in [3.8, 4) is 11.3 Å². The van der Waals surface area contributed by atoms with Gasteiger partial charge in [-0.25, -0.2) is 4.98 Å². The third-order valence-electron chi connectivity index (χ3n) is 5.03. The summed E-state index contributed by atoms with van der Waals surface area (Å²) >= 11 is 0. The van der Waals surface area contributed by atoms with Gasteiger partial charge in [-0.05, 0) is 44.7 Å². The molecule has 1 saturated heterocycles.